The molecule has 0 spiro atoms. The second kappa shape index (κ2) is 8.93. The Morgan fingerprint density at radius 3 is 2.45 bits per heavy atom. The largest absolute Gasteiger partial charge is 0.550 e. The van der Waals surface area contributed by atoms with E-state index in [1.165, 1.54) is 5.56 Å². The number of carbonyl (C=O) groups is 1. The van der Waals surface area contributed by atoms with Crippen molar-refractivity contribution in [2.75, 3.05) is 0 Å². The van der Waals surface area contributed by atoms with Crippen LogP contribution in [0, 0.1) is 0 Å². The average molecular weight is 275 g/mol. The number of rotatable bonds is 5. The molecule has 0 fully saturated rings. The number of carboxylic acids is 1. The summed E-state index contributed by atoms with van der Waals surface area (Å²) in [6.45, 7) is 4.14. The van der Waals surface area contributed by atoms with Gasteiger partial charge in [0.05, 0.1) is 12.3 Å². The molecule has 0 aliphatic heterocycles. The Morgan fingerprint density at radius 1 is 1.25 bits per heavy atom. The fraction of sp³-hybridized carbons (Fsp3) is 0.312. The third-order valence-corrected chi connectivity index (χ3v) is 2.70. The number of nitrogens with two attached hydrogens (primary N) is 1. The number of carboxylic acid groups (broad SMARTS) is 1. The molecule has 2 N–H and O–H groups in total. The van der Waals surface area contributed by atoms with Crippen molar-refractivity contribution in [1.29, 1.82) is 0 Å². The van der Waals surface area contributed by atoms with Gasteiger partial charge in [0.25, 0.3) is 0 Å². The van der Waals surface area contributed by atoms with Crippen molar-refractivity contribution in [3.8, 4) is 0 Å². The van der Waals surface area contributed by atoms with Crippen molar-refractivity contribution in [3.63, 3.8) is 0 Å². The van der Waals surface area contributed by atoms with Crippen molar-refractivity contribution in [2.45, 2.75) is 32.9 Å². The predicted molar refractivity (Wildman–Crippen MR) is 74.6 cm³/mol. The van der Waals surface area contributed by atoms with Gasteiger partial charge in [-0.25, -0.2) is 0 Å². The lowest BCUT2D eigenvalue weighted by molar-refractivity contribution is -0.702. The molecule has 2 rings (SSSR count). The van der Waals surface area contributed by atoms with E-state index in [0.29, 0.717) is 6.04 Å². The van der Waals surface area contributed by atoms with E-state index >= 15 is 0 Å². The highest BCUT2D eigenvalue weighted by Gasteiger charge is 2.07. The van der Waals surface area contributed by atoms with Crippen molar-refractivity contribution in [1.82, 2.24) is 0 Å². The summed E-state index contributed by atoms with van der Waals surface area (Å²) in [6, 6.07) is 15.1. The van der Waals surface area contributed by atoms with Crippen molar-refractivity contribution >= 4 is 5.97 Å². The van der Waals surface area contributed by atoms with Gasteiger partial charge < -0.3 is 19.6 Å². The summed E-state index contributed by atoms with van der Waals surface area (Å²) in [4.78, 5) is 8.89. The fourth-order valence-electron chi connectivity index (χ4n) is 1.82. The number of furan rings is 1. The molecule has 0 aliphatic carbocycles. The second-order valence-corrected chi connectivity index (χ2v) is 4.68. The van der Waals surface area contributed by atoms with E-state index in [1.54, 1.807) is 6.26 Å². The second-order valence-electron chi connectivity index (χ2n) is 4.68. The maximum absolute atomic E-state index is 8.89. The van der Waals surface area contributed by atoms with Gasteiger partial charge >= 0.3 is 0 Å². The Morgan fingerprint density at radius 2 is 1.90 bits per heavy atom. The van der Waals surface area contributed by atoms with Gasteiger partial charge in [0.1, 0.15) is 6.54 Å². The van der Waals surface area contributed by atoms with E-state index in [-0.39, 0.29) is 0 Å². The van der Waals surface area contributed by atoms with Gasteiger partial charge in [-0.15, -0.1) is 0 Å². The molecule has 0 radical (unpaired) electrons. The highest BCUT2D eigenvalue weighted by molar-refractivity contribution is 5.60. The van der Waals surface area contributed by atoms with E-state index < -0.39 is 5.97 Å². The number of hydrogen-bond acceptors (Lipinski definition) is 3. The fourth-order valence-corrected chi connectivity index (χ4v) is 1.82. The van der Waals surface area contributed by atoms with Crippen LogP contribution in [0.1, 0.15) is 25.2 Å². The zero-order valence-corrected chi connectivity index (χ0v) is 11.9. The molecule has 2 aromatic rings. The normalized spacial score (nSPS) is 11.3. The van der Waals surface area contributed by atoms with Crippen molar-refractivity contribution in [2.24, 2.45) is 0 Å². The number of hydrogen-bond donors (Lipinski definition) is 1. The van der Waals surface area contributed by atoms with Gasteiger partial charge in [-0.3, -0.25) is 0 Å². The molecule has 1 atom stereocenters. The van der Waals surface area contributed by atoms with Crippen LogP contribution in [0.3, 0.4) is 0 Å². The minimum atomic E-state index is -1.08. The lowest BCUT2D eigenvalue weighted by atomic mass is 10.1. The number of quaternary nitrogens is 1. The summed E-state index contributed by atoms with van der Waals surface area (Å²) in [5.41, 5.74) is 1.39. The van der Waals surface area contributed by atoms with Crippen LogP contribution in [0.25, 0.3) is 0 Å². The van der Waals surface area contributed by atoms with E-state index in [4.69, 9.17) is 14.3 Å². The lowest BCUT2D eigenvalue weighted by Gasteiger charge is -2.09. The van der Waals surface area contributed by atoms with Crippen LogP contribution in [-0.2, 0) is 17.8 Å². The highest BCUT2D eigenvalue weighted by atomic mass is 16.4. The maximum Gasteiger partial charge on any atom is 0.157 e. The third kappa shape index (κ3) is 7.38. The monoisotopic (exact) mass is 275 g/mol. The number of carbonyl (C=O) groups excluding carboxylic acids is 1. The van der Waals surface area contributed by atoms with Crippen LogP contribution >= 0.6 is 0 Å². The summed E-state index contributed by atoms with van der Waals surface area (Å²) in [5.74, 6) is -0.0417. The summed E-state index contributed by atoms with van der Waals surface area (Å²) in [6.07, 6.45) is 2.83. The SMILES string of the molecule is CC(=O)[O-].CC(Cc1ccccc1)[NH2+]Cc1ccco1. The number of aliphatic carboxylic acids is 1. The van der Waals surface area contributed by atoms with E-state index in [9.17, 15) is 0 Å². The minimum Gasteiger partial charge on any atom is -0.550 e. The van der Waals surface area contributed by atoms with Gasteiger partial charge in [-0.05, 0) is 31.5 Å². The molecule has 1 heterocycles. The van der Waals surface area contributed by atoms with Crippen LogP contribution in [0.4, 0.5) is 0 Å². The Kier molecular flexibility index (Phi) is 7.14. The summed E-state index contributed by atoms with van der Waals surface area (Å²) in [7, 11) is 0. The third-order valence-electron chi connectivity index (χ3n) is 2.70. The first kappa shape index (κ1) is 16.0. The number of benzene rings is 1. The molecule has 20 heavy (non-hydrogen) atoms. The van der Waals surface area contributed by atoms with Gasteiger partial charge in [-0.1, -0.05) is 30.3 Å². The van der Waals surface area contributed by atoms with Gasteiger partial charge in [0.2, 0.25) is 0 Å². The van der Waals surface area contributed by atoms with Crippen molar-refractivity contribution in [3.05, 3.63) is 60.1 Å². The Balaban J connectivity index is 0.000000444. The molecule has 0 aliphatic rings. The van der Waals surface area contributed by atoms with Crippen LogP contribution in [0.5, 0.6) is 0 Å². The van der Waals surface area contributed by atoms with E-state index in [2.05, 4.69) is 42.6 Å². The molecular weight excluding hydrogens is 254 g/mol. The van der Waals surface area contributed by atoms with Crippen LogP contribution < -0.4 is 10.4 Å². The van der Waals surface area contributed by atoms with Gasteiger partial charge in [-0.2, -0.15) is 0 Å². The molecule has 1 unspecified atom stereocenters. The molecule has 4 nitrogen and oxygen atoms in total. The zero-order chi connectivity index (χ0) is 14.8. The standard InChI is InChI=1S/C14H17NO.C2H4O2/c1-12(10-13-6-3-2-4-7-13)15-11-14-8-5-9-16-14;1-2(3)4/h2-9,12,15H,10-11H2,1H3;1H3,(H,3,4). The molecule has 4 heteroatoms. The molecule has 0 saturated carbocycles. The Bertz CT molecular complexity index is 476. The summed E-state index contributed by atoms with van der Waals surface area (Å²) in [5, 5.41) is 11.2. The van der Waals surface area contributed by atoms with E-state index in [0.717, 1.165) is 25.6 Å². The van der Waals surface area contributed by atoms with Crippen LogP contribution in [0.2, 0.25) is 0 Å². The smallest absolute Gasteiger partial charge is 0.157 e. The van der Waals surface area contributed by atoms with Gasteiger partial charge in [0.15, 0.2) is 5.76 Å². The average Bonchev–Trinajstić information content (AvgIpc) is 2.90. The molecule has 108 valence electrons. The molecule has 1 aromatic carbocycles. The van der Waals surface area contributed by atoms with Crippen molar-refractivity contribution < 1.29 is 19.6 Å². The minimum absolute atomic E-state index is 0.576. The summed E-state index contributed by atoms with van der Waals surface area (Å²) >= 11 is 0. The zero-order valence-electron chi connectivity index (χ0n) is 11.9. The first-order chi connectivity index (χ1) is 9.58. The van der Waals surface area contributed by atoms with E-state index in [1.807, 2.05) is 12.1 Å². The highest BCUT2D eigenvalue weighted by Crippen LogP contribution is 2.01. The lowest BCUT2D eigenvalue weighted by Crippen LogP contribution is -2.88. The molecule has 0 amide bonds. The van der Waals surface area contributed by atoms with Gasteiger partial charge in [0, 0.05) is 12.4 Å². The van der Waals surface area contributed by atoms with Crippen LogP contribution in [-0.4, -0.2) is 12.0 Å². The Hall–Kier alpha value is -2.07. The topological polar surface area (TPSA) is 69.9 Å². The quantitative estimate of drug-likeness (QED) is 0.874. The Labute approximate surface area is 119 Å². The predicted octanol–water partition coefficient (Wildman–Crippen LogP) is 0.730. The maximum atomic E-state index is 8.89. The first-order valence-corrected chi connectivity index (χ1v) is 6.65. The molecule has 0 saturated heterocycles. The molecular formula is C16H21NO3. The summed E-state index contributed by atoms with van der Waals surface area (Å²) < 4.78 is 5.30. The molecule has 0 bridgehead atoms. The van der Waals surface area contributed by atoms with Crippen LogP contribution in [0.15, 0.2) is 53.1 Å². The molecule has 1 aromatic heterocycles. The first-order valence-electron chi connectivity index (χ1n) is 6.65.